The highest BCUT2D eigenvalue weighted by molar-refractivity contribution is 7.89. The predicted molar refractivity (Wildman–Crippen MR) is 76.3 cm³/mol. The van der Waals surface area contributed by atoms with E-state index in [1.165, 1.54) is 31.4 Å². The third kappa shape index (κ3) is 2.82. The van der Waals surface area contributed by atoms with Crippen molar-refractivity contribution in [3.63, 3.8) is 0 Å². The van der Waals surface area contributed by atoms with E-state index < -0.39 is 15.8 Å². The summed E-state index contributed by atoms with van der Waals surface area (Å²) in [6, 6.07) is 2.38. The Morgan fingerprint density at radius 2 is 2.15 bits per heavy atom. The number of nitrogen functional groups attached to an aromatic ring is 1. The lowest BCUT2D eigenvalue weighted by Crippen LogP contribution is -2.27. The second kappa shape index (κ2) is 5.47. The lowest BCUT2D eigenvalue weighted by Gasteiger charge is -2.18. The van der Waals surface area contributed by atoms with Gasteiger partial charge >= 0.3 is 0 Å². The molecule has 0 aliphatic rings. The summed E-state index contributed by atoms with van der Waals surface area (Å²) in [5.74, 6) is -0.634. The van der Waals surface area contributed by atoms with E-state index in [1.54, 1.807) is 10.9 Å². The van der Waals surface area contributed by atoms with Gasteiger partial charge in [-0.3, -0.25) is 0 Å². The molecule has 0 spiro atoms. The molecule has 1 heterocycles. The Hall–Kier alpha value is -1.51. The smallest absolute Gasteiger partial charge is 0.243 e. The first-order valence-electron chi connectivity index (χ1n) is 5.71. The van der Waals surface area contributed by atoms with E-state index >= 15 is 0 Å². The van der Waals surface area contributed by atoms with Crippen molar-refractivity contribution in [2.75, 3.05) is 12.8 Å². The highest BCUT2D eigenvalue weighted by Crippen LogP contribution is 2.25. The van der Waals surface area contributed by atoms with Crippen molar-refractivity contribution in [1.29, 1.82) is 0 Å². The van der Waals surface area contributed by atoms with Crippen molar-refractivity contribution in [2.45, 2.75) is 18.4 Å². The molecule has 1 aromatic heterocycles. The Labute approximate surface area is 120 Å². The molecule has 5 nitrogen and oxygen atoms in total. The Bertz CT molecular complexity index is 715. The molecule has 0 bridgehead atoms. The zero-order valence-electron chi connectivity index (χ0n) is 11.0. The van der Waals surface area contributed by atoms with Crippen LogP contribution in [0.2, 0.25) is 0 Å². The van der Waals surface area contributed by atoms with E-state index in [-0.39, 0.29) is 22.7 Å². The molecule has 2 aromatic rings. The molecule has 0 radical (unpaired) electrons. The number of thiazole rings is 1. The summed E-state index contributed by atoms with van der Waals surface area (Å²) in [6.45, 7) is 1.54. The maximum atomic E-state index is 13.6. The number of sulfonamides is 1. The Kier molecular flexibility index (Phi) is 4.07. The van der Waals surface area contributed by atoms with Crippen LogP contribution < -0.4 is 5.73 Å². The van der Waals surface area contributed by atoms with Crippen LogP contribution in [-0.4, -0.2) is 24.8 Å². The number of hydrogen-bond donors (Lipinski definition) is 1. The fourth-order valence-corrected chi connectivity index (χ4v) is 3.70. The number of nitrogens with zero attached hydrogens (tertiary/aromatic N) is 2. The van der Waals surface area contributed by atoms with E-state index in [4.69, 9.17) is 5.73 Å². The quantitative estimate of drug-likeness (QED) is 0.876. The van der Waals surface area contributed by atoms with Crippen molar-refractivity contribution >= 4 is 27.0 Å². The van der Waals surface area contributed by atoms with Gasteiger partial charge in [-0.1, -0.05) is 0 Å². The molecule has 2 rings (SSSR count). The van der Waals surface area contributed by atoms with Gasteiger partial charge in [0.2, 0.25) is 10.0 Å². The summed E-state index contributed by atoms with van der Waals surface area (Å²) in [7, 11) is -2.39. The minimum absolute atomic E-state index is 0.0596. The van der Waals surface area contributed by atoms with Crippen LogP contribution in [0.5, 0.6) is 0 Å². The maximum absolute atomic E-state index is 13.6. The summed E-state index contributed by atoms with van der Waals surface area (Å²) >= 11 is 1.38. The number of rotatable bonds is 4. The first-order chi connectivity index (χ1) is 9.32. The van der Waals surface area contributed by atoms with Gasteiger partial charge in [-0.05, 0) is 19.1 Å². The van der Waals surface area contributed by atoms with Crippen molar-refractivity contribution in [3.8, 4) is 0 Å². The van der Waals surface area contributed by atoms with Gasteiger partial charge in [-0.2, -0.15) is 4.31 Å². The predicted octanol–water partition coefficient (Wildman–Crippen LogP) is 1.99. The number of nitrogens with two attached hydrogens (primary N) is 1. The first-order valence-corrected chi connectivity index (χ1v) is 8.09. The third-order valence-electron chi connectivity index (χ3n) is 2.88. The average molecular weight is 315 g/mol. The minimum atomic E-state index is -3.81. The Balaban J connectivity index is 2.40. The van der Waals surface area contributed by atoms with Gasteiger partial charge in [-0.25, -0.2) is 17.8 Å². The second-order valence-corrected chi connectivity index (χ2v) is 7.10. The fourth-order valence-electron chi connectivity index (χ4n) is 1.74. The van der Waals surface area contributed by atoms with Crippen molar-refractivity contribution in [3.05, 3.63) is 40.1 Å². The standard InChI is InChI=1S/C12H14FN3O2S2/c1-8-11(13)3-9(14)4-12(8)20(17,18)16(2)5-10-6-19-7-15-10/h3-4,6-7H,5,14H2,1-2H3. The SMILES string of the molecule is Cc1c(F)cc(N)cc1S(=O)(=O)N(C)Cc1cscn1. The molecule has 0 saturated carbocycles. The van der Waals surface area contributed by atoms with E-state index in [1.807, 2.05) is 0 Å². The molecule has 1 aromatic carbocycles. The van der Waals surface area contributed by atoms with Gasteiger partial charge < -0.3 is 5.73 Å². The van der Waals surface area contributed by atoms with Crippen LogP contribution in [-0.2, 0) is 16.6 Å². The molecule has 0 saturated heterocycles. The molecule has 0 amide bonds. The lowest BCUT2D eigenvalue weighted by atomic mass is 10.2. The number of hydrogen-bond acceptors (Lipinski definition) is 5. The number of anilines is 1. The van der Waals surface area contributed by atoms with Crippen molar-refractivity contribution in [1.82, 2.24) is 9.29 Å². The van der Waals surface area contributed by atoms with Crippen LogP contribution in [0.25, 0.3) is 0 Å². The molecule has 0 unspecified atom stereocenters. The van der Waals surface area contributed by atoms with Crippen LogP contribution in [0.15, 0.2) is 27.9 Å². The Morgan fingerprint density at radius 3 is 2.75 bits per heavy atom. The van der Waals surface area contributed by atoms with Crippen LogP contribution in [0, 0.1) is 12.7 Å². The molecule has 2 N–H and O–H groups in total. The van der Waals surface area contributed by atoms with Crippen LogP contribution in [0.4, 0.5) is 10.1 Å². The zero-order valence-corrected chi connectivity index (χ0v) is 12.6. The maximum Gasteiger partial charge on any atom is 0.243 e. The molecular weight excluding hydrogens is 301 g/mol. The molecule has 8 heteroatoms. The first kappa shape index (κ1) is 14.9. The highest BCUT2D eigenvalue weighted by atomic mass is 32.2. The van der Waals surface area contributed by atoms with E-state index in [0.29, 0.717) is 5.69 Å². The zero-order chi connectivity index (χ0) is 14.9. The molecular formula is C12H14FN3O2S2. The third-order valence-corrected chi connectivity index (χ3v) is 5.44. The van der Waals surface area contributed by atoms with Gasteiger partial charge in [0, 0.05) is 23.7 Å². The lowest BCUT2D eigenvalue weighted by molar-refractivity contribution is 0.461. The number of aromatic nitrogens is 1. The molecule has 20 heavy (non-hydrogen) atoms. The van der Waals surface area contributed by atoms with Crippen molar-refractivity contribution in [2.24, 2.45) is 0 Å². The van der Waals surface area contributed by atoms with Gasteiger partial charge in [-0.15, -0.1) is 11.3 Å². The monoisotopic (exact) mass is 315 g/mol. The van der Waals surface area contributed by atoms with Crippen LogP contribution in [0.3, 0.4) is 0 Å². The largest absolute Gasteiger partial charge is 0.399 e. The number of halogens is 1. The fraction of sp³-hybridized carbons (Fsp3) is 0.250. The summed E-state index contributed by atoms with van der Waals surface area (Å²) < 4.78 is 39.7. The van der Waals surface area contributed by atoms with Crippen LogP contribution in [0.1, 0.15) is 11.3 Å². The summed E-state index contributed by atoms with van der Waals surface area (Å²) in [6.07, 6.45) is 0. The highest BCUT2D eigenvalue weighted by Gasteiger charge is 2.25. The molecule has 0 aliphatic carbocycles. The summed E-state index contributed by atoms with van der Waals surface area (Å²) in [5, 5.41) is 1.76. The topological polar surface area (TPSA) is 76.3 Å². The molecule has 108 valence electrons. The average Bonchev–Trinajstić information content (AvgIpc) is 2.86. The normalized spacial score (nSPS) is 12.0. The summed E-state index contributed by atoms with van der Waals surface area (Å²) in [5.41, 5.74) is 7.93. The van der Waals surface area contributed by atoms with Gasteiger partial charge in [0.25, 0.3) is 0 Å². The Morgan fingerprint density at radius 1 is 1.45 bits per heavy atom. The van der Waals surface area contributed by atoms with E-state index in [0.717, 1.165) is 10.4 Å². The molecule has 0 aliphatic heterocycles. The molecule has 0 fully saturated rings. The second-order valence-electron chi connectivity index (χ2n) is 4.37. The van der Waals surface area contributed by atoms with Gasteiger partial charge in [0.05, 0.1) is 22.6 Å². The minimum Gasteiger partial charge on any atom is -0.399 e. The van der Waals surface area contributed by atoms with E-state index in [2.05, 4.69) is 4.98 Å². The molecule has 0 atom stereocenters. The van der Waals surface area contributed by atoms with E-state index in [9.17, 15) is 12.8 Å². The van der Waals surface area contributed by atoms with Crippen LogP contribution >= 0.6 is 11.3 Å². The van der Waals surface area contributed by atoms with Crippen molar-refractivity contribution < 1.29 is 12.8 Å². The van der Waals surface area contributed by atoms with Gasteiger partial charge in [0.15, 0.2) is 0 Å². The number of benzene rings is 1. The summed E-state index contributed by atoms with van der Waals surface area (Å²) in [4.78, 5) is 3.92. The van der Waals surface area contributed by atoms with Gasteiger partial charge in [0.1, 0.15) is 5.82 Å².